The third-order valence-corrected chi connectivity index (χ3v) is 12.0. The molecular weight excluding hydrogens is 795 g/mol. The second-order valence-electron chi connectivity index (χ2n) is 18.0. The second kappa shape index (κ2) is 27.5. The van der Waals surface area contributed by atoms with Crippen molar-refractivity contribution in [3.8, 4) is 0 Å². The van der Waals surface area contributed by atoms with E-state index < -0.39 is 5.60 Å². The van der Waals surface area contributed by atoms with Crippen molar-refractivity contribution in [3.05, 3.63) is 179 Å². The molecule has 3 atom stereocenters. The van der Waals surface area contributed by atoms with Crippen LogP contribution in [0.25, 0.3) is 0 Å². The van der Waals surface area contributed by atoms with Crippen molar-refractivity contribution < 1.29 is 28.4 Å². The van der Waals surface area contributed by atoms with Crippen molar-refractivity contribution in [2.75, 3.05) is 13.2 Å². The summed E-state index contributed by atoms with van der Waals surface area (Å²) in [5.74, 6) is 2.31. The van der Waals surface area contributed by atoms with Crippen LogP contribution in [0, 0.1) is 0 Å². The number of ether oxygens (including phenoxy) is 6. The second-order valence-corrected chi connectivity index (χ2v) is 18.0. The Morgan fingerprint density at radius 1 is 0.578 bits per heavy atom. The molecule has 1 aliphatic heterocycles. The molecule has 0 spiro atoms. The average molecular weight is 870 g/mol. The van der Waals surface area contributed by atoms with Gasteiger partial charge in [-0.3, -0.25) is 0 Å². The monoisotopic (exact) mass is 870 g/mol. The molecule has 0 aromatic heterocycles. The van der Waals surface area contributed by atoms with E-state index in [2.05, 4.69) is 98.9 Å². The maximum Gasteiger partial charge on any atom is 0.207 e. The fourth-order valence-corrected chi connectivity index (χ4v) is 8.36. The molecule has 2 aliphatic rings. The number of unbranched alkanes of at least 4 members (excludes halogenated alkanes) is 11. The molecule has 4 aromatic rings. The van der Waals surface area contributed by atoms with E-state index in [4.69, 9.17) is 28.4 Å². The van der Waals surface area contributed by atoms with E-state index in [-0.39, 0.29) is 18.2 Å². The van der Waals surface area contributed by atoms with Gasteiger partial charge in [-0.15, -0.1) is 0 Å². The highest BCUT2D eigenvalue weighted by atomic mass is 16.6. The molecule has 0 saturated carbocycles. The van der Waals surface area contributed by atoms with Gasteiger partial charge in [-0.25, -0.2) is 0 Å². The Morgan fingerprint density at radius 2 is 1.06 bits per heavy atom. The van der Waals surface area contributed by atoms with Crippen LogP contribution in [-0.4, -0.2) is 37.1 Å². The van der Waals surface area contributed by atoms with E-state index >= 15 is 0 Å². The lowest BCUT2D eigenvalue weighted by Crippen LogP contribution is -2.58. The summed E-state index contributed by atoms with van der Waals surface area (Å²) in [6.07, 6.45) is 21.1. The molecule has 1 N–H and O–H groups in total. The van der Waals surface area contributed by atoms with Crippen LogP contribution in [-0.2, 0) is 54.8 Å². The van der Waals surface area contributed by atoms with Gasteiger partial charge < -0.3 is 33.7 Å². The van der Waals surface area contributed by atoms with Gasteiger partial charge in [-0.1, -0.05) is 211 Å². The summed E-state index contributed by atoms with van der Waals surface area (Å²) in [6, 6.07) is 40.9. The number of hydrogen-bond acceptors (Lipinski definition) is 7. The first-order chi connectivity index (χ1) is 31.5. The van der Waals surface area contributed by atoms with Gasteiger partial charge in [-0.2, -0.15) is 0 Å². The van der Waals surface area contributed by atoms with Gasteiger partial charge in [0.25, 0.3) is 0 Å². The first kappa shape index (κ1) is 48.6. The largest absolute Gasteiger partial charge is 0.492 e. The molecule has 1 heterocycles. The van der Waals surface area contributed by atoms with Crippen LogP contribution in [0.1, 0.15) is 133 Å². The molecule has 1 fully saturated rings. The molecule has 7 nitrogen and oxygen atoms in total. The van der Waals surface area contributed by atoms with E-state index in [0.29, 0.717) is 69.0 Å². The highest BCUT2D eigenvalue weighted by Crippen LogP contribution is 2.33. The molecule has 0 radical (unpaired) electrons. The van der Waals surface area contributed by atoms with Crippen molar-refractivity contribution in [3.63, 3.8) is 0 Å². The van der Waals surface area contributed by atoms with Gasteiger partial charge in [0.2, 0.25) is 11.5 Å². The zero-order valence-electron chi connectivity index (χ0n) is 39.0. The number of nitrogens with one attached hydrogen (secondary N) is 1. The lowest BCUT2D eigenvalue weighted by molar-refractivity contribution is -0.230. The van der Waals surface area contributed by atoms with Crippen LogP contribution in [0.15, 0.2) is 157 Å². The zero-order chi connectivity index (χ0) is 44.5. The maximum absolute atomic E-state index is 7.03. The standard InChI is InChI=1S/C57H75NO6/c1-4-5-6-7-8-9-10-11-12-13-14-27-37-51-54(64-57(2,3)45-63-51)50(58-40-46-29-19-15-20-30-46)44-60-53-39-28-38-52(59-41-47-31-21-16-22-32-47)55(61-42-48-33-23-17-24-34-48)56(53)62-43-49-35-25-18-26-36-49/h15-26,28-36,38,50-51,54,58H,4-14,27,37,39-45H2,1-3H3/t50-,51+,54-/m1/s1. The molecule has 0 unspecified atom stereocenters. The predicted molar refractivity (Wildman–Crippen MR) is 259 cm³/mol. The first-order valence-electron chi connectivity index (χ1n) is 24.3. The molecule has 344 valence electrons. The van der Waals surface area contributed by atoms with Crippen molar-refractivity contribution >= 4 is 0 Å². The Hall–Kier alpha value is -4.82. The number of allylic oxidation sites excluding steroid dienone is 2. The van der Waals surface area contributed by atoms with Crippen molar-refractivity contribution in [1.82, 2.24) is 5.32 Å². The Bertz CT molecular complexity index is 1960. The van der Waals surface area contributed by atoms with Gasteiger partial charge >= 0.3 is 0 Å². The summed E-state index contributed by atoms with van der Waals surface area (Å²) in [7, 11) is 0. The number of rotatable bonds is 29. The Kier molecular flexibility index (Phi) is 20.9. The number of hydrogen-bond donors (Lipinski definition) is 1. The van der Waals surface area contributed by atoms with Crippen LogP contribution in [0.4, 0.5) is 0 Å². The SMILES string of the molecule is CCCCCCCCCCCCCC[C@@H]1OCC(C)(C)O[C@@H]1[C@@H](COC1=C(OCc2ccccc2)C(OCc2ccccc2)=C(OCc2ccccc2)C=CC1)NCc1ccccc1. The Labute approximate surface area is 385 Å². The van der Waals surface area contributed by atoms with E-state index in [1.807, 2.05) is 60.7 Å². The molecule has 7 heteroatoms. The first-order valence-corrected chi connectivity index (χ1v) is 24.3. The molecule has 0 amide bonds. The van der Waals surface area contributed by atoms with Crippen LogP contribution < -0.4 is 5.32 Å². The maximum atomic E-state index is 7.03. The minimum Gasteiger partial charge on any atom is -0.492 e. The van der Waals surface area contributed by atoms with E-state index in [0.717, 1.165) is 29.5 Å². The highest BCUT2D eigenvalue weighted by molar-refractivity contribution is 5.36. The van der Waals surface area contributed by atoms with Gasteiger partial charge in [0.15, 0.2) is 5.76 Å². The lowest BCUT2D eigenvalue weighted by Gasteiger charge is -2.44. The van der Waals surface area contributed by atoms with Crippen molar-refractivity contribution in [1.29, 1.82) is 0 Å². The summed E-state index contributed by atoms with van der Waals surface area (Å²) < 4.78 is 40.9. The molecule has 1 aliphatic carbocycles. The molecule has 0 bridgehead atoms. The van der Waals surface area contributed by atoms with Crippen molar-refractivity contribution in [2.24, 2.45) is 0 Å². The van der Waals surface area contributed by atoms with Crippen molar-refractivity contribution in [2.45, 2.75) is 161 Å². The molecule has 4 aromatic carbocycles. The lowest BCUT2D eigenvalue weighted by atomic mass is 9.95. The molecule has 6 rings (SSSR count). The quantitative estimate of drug-likeness (QED) is 0.0545. The fraction of sp³-hybridized carbons (Fsp3) is 0.474. The van der Waals surface area contributed by atoms with Crippen LogP contribution in [0.5, 0.6) is 0 Å². The van der Waals surface area contributed by atoms with Gasteiger partial charge in [0.1, 0.15) is 38.3 Å². The minimum atomic E-state index is -0.440. The highest BCUT2D eigenvalue weighted by Gasteiger charge is 2.41. The van der Waals surface area contributed by atoms with E-state index in [1.54, 1.807) is 0 Å². The molecular formula is C57H75NO6. The predicted octanol–water partition coefficient (Wildman–Crippen LogP) is 13.8. The fourth-order valence-electron chi connectivity index (χ4n) is 8.36. The summed E-state index contributed by atoms with van der Waals surface area (Å²) in [5, 5.41) is 3.87. The number of benzene rings is 4. The summed E-state index contributed by atoms with van der Waals surface area (Å²) in [4.78, 5) is 0. The van der Waals surface area contributed by atoms with Gasteiger partial charge in [0, 0.05) is 13.0 Å². The molecule has 1 saturated heterocycles. The third-order valence-electron chi connectivity index (χ3n) is 12.0. The van der Waals surface area contributed by atoms with E-state index in [1.165, 1.54) is 76.2 Å². The summed E-state index contributed by atoms with van der Waals surface area (Å²) in [6.45, 7) is 9.14. The zero-order valence-corrected chi connectivity index (χ0v) is 39.0. The van der Waals surface area contributed by atoms with Gasteiger partial charge in [-0.05, 0) is 48.6 Å². The summed E-state index contributed by atoms with van der Waals surface area (Å²) in [5.41, 5.74) is 3.90. The third kappa shape index (κ3) is 17.0. The average Bonchev–Trinajstić information content (AvgIpc) is 3.49. The Morgan fingerprint density at radius 3 is 1.61 bits per heavy atom. The smallest absolute Gasteiger partial charge is 0.207 e. The Balaban J connectivity index is 1.22. The van der Waals surface area contributed by atoms with Gasteiger partial charge in [0.05, 0.1) is 24.4 Å². The minimum absolute atomic E-state index is 0.0625. The molecule has 64 heavy (non-hydrogen) atoms. The van der Waals surface area contributed by atoms with Crippen LogP contribution in [0.3, 0.4) is 0 Å². The van der Waals surface area contributed by atoms with E-state index in [9.17, 15) is 0 Å². The normalized spacial score (nSPS) is 17.8. The van der Waals surface area contributed by atoms with Crippen LogP contribution >= 0.6 is 0 Å². The topological polar surface area (TPSA) is 67.4 Å². The summed E-state index contributed by atoms with van der Waals surface area (Å²) >= 11 is 0. The van der Waals surface area contributed by atoms with Crippen LogP contribution in [0.2, 0.25) is 0 Å².